The standard InChI is InChI=1S/C22H25FN4O3/c23-17-6-3-7-18(11-17)27-13-16(10-21(27)29)22(30)24-8-9-26-14-25-19(12-20(26)28)15-4-1-2-5-15/h3,6-7,11-12,14-16H,1-2,4-5,8-10,13H2,(H,24,30). The van der Waals surface area contributed by atoms with Gasteiger partial charge in [0.1, 0.15) is 5.82 Å². The monoisotopic (exact) mass is 412 g/mol. The Morgan fingerprint density at radius 1 is 1.20 bits per heavy atom. The Kier molecular flexibility index (Phi) is 5.92. The molecule has 2 heterocycles. The van der Waals surface area contributed by atoms with Crippen molar-refractivity contribution in [2.45, 2.75) is 44.6 Å². The third-order valence-corrected chi connectivity index (χ3v) is 5.94. The Morgan fingerprint density at radius 2 is 2.00 bits per heavy atom. The number of rotatable bonds is 6. The van der Waals surface area contributed by atoms with Crippen LogP contribution in [0.3, 0.4) is 0 Å². The van der Waals surface area contributed by atoms with Gasteiger partial charge in [-0.2, -0.15) is 0 Å². The molecule has 0 spiro atoms. The molecule has 1 aliphatic carbocycles. The molecule has 2 aromatic rings. The number of nitrogens with one attached hydrogen (secondary N) is 1. The number of nitrogens with zero attached hydrogens (tertiary/aromatic N) is 3. The number of carbonyl (C=O) groups excluding carboxylic acids is 2. The summed E-state index contributed by atoms with van der Waals surface area (Å²) in [5, 5.41) is 2.79. The van der Waals surface area contributed by atoms with Crippen LogP contribution in [-0.2, 0) is 16.1 Å². The van der Waals surface area contributed by atoms with Gasteiger partial charge in [-0.1, -0.05) is 18.9 Å². The van der Waals surface area contributed by atoms with Gasteiger partial charge in [-0.05, 0) is 31.0 Å². The lowest BCUT2D eigenvalue weighted by atomic mass is 10.0. The van der Waals surface area contributed by atoms with Gasteiger partial charge in [-0.15, -0.1) is 0 Å². The predicted molar refractivity (Wildman–Crippen MR) is 110 cm³/mol. The molecule has 1 N–H and O–H groups in total. The molecule has 2 amide bonds. The fraction of sp³-hybridized carbons (Fsp3) is 0.455. The van der Waals surface area contributed by atoms with E-state index in [4.69, 9.17) is 0 Å². The van der Waals surface area contributed by atoms with Gasteiger partial charge < -0.3 is 10.2 Å². The number of anilines is 1. The quantitative estimate of drug-likeness (QED) is 0.789. The average Bonchev–Trinajstić information content (AvgIpc) is 3.39. The van der Waals surface area contributed by atoms with Crippen LogP contribution in [0.15, 0.2) is 41.5 Å². The summed E-state index contributed by atoms with van der Waals surface area (Å²) < 4.78 is 14.9. The fourth-order valence-corrected chi connectivity index (χ4v) is 4.27. The van der Waals surface area contributed by atoms with Gasteiger partial charge in [0.05, 0.1) is 17.9 Å². The summed E-state index contributed by atoms with van der Waals surface area (Å²) in [4.78, 5) is 42.9. The van der Waals surface area contributed by atoms with Crippen molar-refractivity contribution in [3.05, 3.63) is 58.5 Å². The predicted octanol–water partition coefficient (Wildman–Crippen LogP) is 2.21. The summed E-state index contributed by atoms with van der Waals surface area (Å²) in [6, 6.07) is 7.38. The van der Waals surface area contributed by atoms with Crippen molar-refractivity contribution in [1.29, 1.82) is 0 Å². The van der Waals surface area contributed by atoms with E-state index < -0.39 is 11.7 Å². The zero-order chi connectivity index (χ0) is 21.1. The second-order valence-electron chi connectivity index (χ2n) is 8.00. The highest BCUT2D eigenvalue weighted by Crippen LogP contribution is 2.32. The fourth-order valence-electron chi connectivity index (χ4n) is 4.27. The number of hydrogen-bond acceptors (Lipinski definition) is 4. The van der Waals surface area contributed by atoms with E-state index in [2.05, 4.69) is 10.3 Å². The molecular formula is C22H25FN4O3. The molecule has 0 bridgehead atoms. The van der Waals surface area contributed by atoms with Crippen molar-refractivity contribution in [1.82, 2.24) is 14.9 Å². The molecule has 1 aromatic carbocycles. The number of hydrogen-bond donors (Lipinski definition) is 1. The highest BCUT2D eigenvalue weighted by atomic mass is 19.1. The van der Waals surface area contributed by atoms with E-state index in [1.807, 2.05) is 0 Å². The van der Waals surface area contributed by atoms with E-state index in [0.717, 1.165) is 18.5 Å². The zero-order valence-electron chi connectivity index (χ0n) is 16.7. The molecule has 7 nitrogen and oxygen atoms in total. The van der Waals surface area contributed by atoms with Crippen LogP contribution in [0.1, 0.15) is 43.7 Å². The topological polar surface area (TPSA) is 84.3 Å². The van der Waals surface area contributed by atoms with E-state index in [-0.39, 0.29) is 36.9 Å². The van der Waals surface area contributed by atoms with E-state index in [1.54, 1.807) is 18.5 Å². The summed E-state index contributed by atoms with van der Waals surface area (Å²) in [5.41, 5.74) is 1.20. The zero-order valence-corrected chi connectivity index (χ0v) is 16.7. The van der Waals surface area contributed by atoms with Gasteiger partial charge in [0, 0.05) is 43.7 Å². The highest BCUT2D eigenvalue weighted by Gasteiger charge is 2.35. The number of amides is 2. The van der Waals surface area contributed by atoms with Gasteiger partial charge in [0.15, 0.2) is 0 Å². The molecule has 1 saturated carbocycles. The Bertz CT molecular complexity index is 1000. The van der Waals surface area contributed by atoms with Crippen LogP contribution in [0.2, 0.25) is 0 Å². The van der Waals surface area contributed by atoms with E-state index in [0.29, 0.717) is 18.2 Å². The number of carbonyl (C=O) groups is 2. The molecule has 8 heteroatoms. The SMILES string of the molecule is O=C(NCCn1cnc(C2CCCC2)cc1=O)C1CC(=O)N(c2cccc(F)c2)C1. The van der Waals surface area contributed by atoms with Crippen LogP contribution in [0.5, 0.6) is 0 Å². The molecule has 1 unspecified atom stereocenters. The lowest BCUT2D eigenvalue weighted by Gasteiger charge is -2.17. The minimum atomic E-state index is -0.500. The third-order valence-electron chi connectivity index (χ3n) is 5.94. The first-order valence-electron chi connectivity index (χ1n) is 10.4. The van der Waals surface area contributed by atoms with Gasteiger partial charge in [-0.3, -0.25) is 19.0 Å². The second kappa shape index (κ2) is 8.77. The van der Waals surface area contributed by atoms with Crippen LogP contribution in [-0.4, -0.2) is 34.5 Å². The van der Waals surface area contributed by atoms with Gasteiger partial charge in [0.2, 0.25) is 11.8 Å². The molecule has 158 valence electrons. The number of aromatic nitrogens is 2. The molecule has 30 heavy (non-hydrogen) atoms. The molecule has 2 aliphatic rings. The number of benzene rings is 1. The van der Waals surface area contributed by atoms with Gasteiger partial charge in [0.25, 0.3) is 5.56 Å². The van der Waals surface area contributed by atoms with Crippen LogP contribution in [0.4, 0.5) is 10.1 Å². The summed E-state index contributed by atoms with van der Waals surface area (Å²) in [6.07, 6.45) is 6.16. The maximum atomic E-state index is 13.4. The van der Waals surface area contributed by atoms with Crippen molar-refractivity contribution in [3.63, 3.8) is 0 Å². The van der Waals surface area contributed by atoms with Crippen LogP contribution >= 0.6 is 0 Å². The lowest BCUT2D eigenvalue weighted by molar-refractivity contribution is -0.126. The Hall–Kier alpha value is -3.03. The summed E-state index contributed by atoms with van der Waals surface area (Å²) in [5.74, 6) is -0.992. The molecule has 4 rings (SSSR count). The first-order valence-corrected chi connectivity index (χ1v) is 10.4. The average molecular weight is 412 g/mol. The maximum absolute atomic E-state index is 13.4. The smallest absolute Gasteiger partial charge is 0.253 e. The second-order valence-corrected chi connectivity index (χ2v) is 8.00. The van der Waals surface area contributed by atoms with Crippen molar-refractivity contribution in [2.24, 2.45) is 5.92 Å². The molecule has 1 aliphatic heterocycles. The molecule has 2 fully saturated rings. The summed E-state index contributed by atoms with van der Waals surface area (Å²) in [7, 11) is 0. The summed E-state index contributed by atoms with van der Waals surface area (Å²) >= 11 is 0. The third kappa shape index (κ3) is 4.42. The van der Waals surface area contributed by atoms with E-state index in [1.165, 1.54) is 40.5 Å². The van der Waals surface area contributed by atoms with Crippen LogP contribution < -0.4 is 15.8 Å². The molecule has 1 aromatic heterocycles. The maximum Gasteiger partial charge on any atom is 0.253 e. The van der Waals surface area contributed by atoms with Crippen molar-refractivity contribution < 1.29 is 14.0 Å². The normalized spacial score (nSPS) is 19.4. The van der Waals surface area contributed by atoms with Crippen LogP contribution in [0.25, 0.3) is 0 Å². The summed E-state index contributed by atoms with van der Waals surface area (Å²) in [6.45, 7) is 0.802. The van der Waals surface area contributed by atoms with Crippen molar-refractivity contribution in [3.8, 4) is 0 Å². The number of halogens is 1. The van der Waals surface area contributed by atoms with Gasteiger partial charge in [-0.25, -0.2) is 9.37 Å². The van der Waals surface area contributed by atoms with E-state index in [9.17, 15) is 18.8 Å². The largest absolute Gasteiger partial charge is 0.354 e. The van der Waals surface area contributed by atoms with Crippen LogP contribution in [0, 0.1) is 11.7 Å². The highest BCUT2D eigenvalue weighted by molar-refractivity contribution is 6.00. The first kappa shape index (κ1) is 20.3. The molecule has 1 atom stereocenters. The van der Waals surface area contributed by atoms with Gasteiger partial charge >= 0.3 is 0 Å². The lowest BCUT2D eigenvalue weighted by Crippen LogP contribution is -2.36. The van der Waals surface area contributed by atoms with Crippen molar-refractivity contribution in [2.75, 3.05) is 18.0 Å². The van der Waals surface area contributed by atoms with Crippen molar-refractivity contribution >= 4 is 17.5 Å². The Balaban J connectivity index is 1.30. The Morgan fingerprint density at radius 3 is 2.73 bits per heavy atom. The first-order chi connectivity index (χ1) is 14.5. The molecular weight excluding hydrogens is 387 g/mol. The van der Waals surface area contributed by atoms with E-state index >= 15 is 0 Å². The minimum Gasteiger partial charge on any atom is -0.354 e. The minimum absolute atomic E-state index is 0.0833. The molecule has 1 saturated heterocycles. The molecule has 0 radical (unpaired) electrons. The Labute approximate surface area is 173 Å².